The lowest BCUT2D eigenvalue weighted by atomic mass is 10.2. The molecule has 0 atom stereocenters. The highest BCUT2D eigenvalue weighted by atomic mass is 35.5. The van der Waals surface area contributed by atoms with Gasteiger partial charge in [-0.1, -0.05) is 11.6 Å². The molecule has 2 aromatic rings. The summed E-state index contributed by atoms with van der Waals surface area (Å²) in [4.78, 5) is 7.60. The van der Waals surface area contributed by atoms with Gasteiger partial charge in [0.15, 0.2) is 11.0 Å². The van der Waals surface area contributed by atoms with Crippen molar-refractivity contribution in [2.24, 2.45) is 0 Å². The number of hydrogen-bond donors (Lipinski definition) is 2. The van der Waals surface area contributed by atoms with E-state index in [-0.39, 0.29) is 22.2 Å². The van der Waals surface area contributed by atoms with E-state index in [1.54, 1.807) is 0 Å². The van der Waals surface area contributed by atoms with Crippen LogP contribution >= 0.6 is 11.6 Å². The lowest BCUT2D eigenvalue weighted by Crippen LogP contribution is -2.02. The van der Waals surface area contributed by atoms with Crippen molar-refractivity contribution in [3.8, 4) is 6.07 Å². The zero-order valence-corrected chi connectivity index (χ0v) is 9.74. The summed E-state index contributed by atoms with van der Waals surface area (Å²) in [6.45, 7) is 0. The average molecular weight is 264 g/mol. The predicted molar refractivity (Wildman–Crippen MR) is 65.9 cm³/mol. The molecule has 0 aliphatic heterocycles. The lowest BCUT2D eigenvalue weighted by Gasteiger charge is -2.09. The first kappa shape index (κ1) is 12.1. The van der Waals surface area contributed by atoms with Gasteiger partial charge in [0.05, 0.1) is 11.3 Å². The van der Waals surface area contributed by atoms with Gasteiger partial charge in [-0.25, -0.2) is 14.4 Å². The van der Waals surface area contributed by atoms with Gasteiger partial charge in [0.1, 0.15) is 23.9 Å². The number of nitrogens with two attached hydrogens (primary N) is 1. The molecule has 90 valence electrons. The van der Waals surface area contributed by atoms with Crippen molar-refractivity contribution in [3.05, 3.63) is 41.1 Å². The quantitative estimate of drug-likeness (QED) is 0.813. The molecule has 0 fully saturated rings. The molecular weight excluding hydrogens is 257 g/mol. The third-order valence-corrected chi connectivity index (χ3v) is 2.49. The van der Waals surface area contributed by atoms with Crippen molar-refractivity contribution in [1.29, 1.82) is 5.26 Å². The van der Waals surface area contributed by atoms with Crippen LogP contribution in [0.25, 0.3) is 0 Å². The van der Waals surface area contributed by atoms with Gasteiger partial charge in [-0.2, -0.15) is 5.26 Å². The number of halogens is 2. The summed E-state index contributed by atoms with van der Waals surface area (Å²) < 4.78 is 13.0. The Balaban J connectivity index is 2.41. The molecule has 0 aliphatic carbocycles. The highest BCUT2D eigenvalue weighted by molar-refractivity contribution is 6.32. The van der Waals surface area contributed by atoms with Crippen molar-refractivity contribution in [2.45, 2.75) is 0 Å². The van der Waals surface area contributed by atoms with Crippen molar-refractivity contribution >= 4 is 28.8 Å². The summed E-state index contributed by atoms with van der Waals surface area (Å²) in [6.07, 6.45) is 1.23. The van der Waals surface area contributed by atoms with Gasteiger partial charge in [-0.05, 0) is 18.2 Å². The summed E-state index contributed by atoms with van der Waals surface area (Å²) >= 11 is 5.74. The molecule has 7 heteroatoms. The maximum Gasteiger partial charge on any atom is 0.158 e. The first-order valence-corrected chi connectivity index (χ1v) is 5.22. The van der Waals surface area contributed by atoms with E-state index >= 15 is 0 Å². The van der Waals surface area contributed by atoms with Crippen LogP contribution in [0.5, 0.6) is 0 Å². The highest BCUT2D eigenvalue weighted by Crippen LogP contribution is 2.27. The molecule has 0 spiro atoms. The minimum atomic E-state index is -0.495. The number of benzene rings is 1. The minimum absolute atomic E-state index is 0.105. The van der Waals surface area contributed by atoms with E-state index in [0.29, 0.717) is 5.69 Å². The van der Waals surface area contributed by atoms with E-state index in [1.165, 1.54) is 18.5 Å². The molecule has 0 bridgehead atoms. The van der Waals surface area contributed by atoms with Gasteiger partial charge in [0.2, 0.25) is 0 Å². The van der Waals surface area contributed by atoms with Crippen LogP contribution in [-0.4, -0.2) is 9.97 Å². The Kier molecular flexibility index (Phi) is 3.26. The van der Waals surface area contributed by atoms with E-state index < -0.39 is 5.82 Å². The van der Waals surface area contributed by atoms with Crippen molar-refractivity contribution in [1.82, 2.24) is 9.97 Å². The number of anilines is 3. The fraction of sp³-hybridized carbons (Fsp3) is 0. The summed E-state index contributed by atoms with van der Waals surface area (Å²) in [5.74, 6) is -0.232. The van der Waals surface area contributed by atoms with Crippen LogP contribution in [0.2, 0.25) is 5.15 Å². The van der Waals surface area contributed by atoms with Gasteiger partial charge in [-0.3, -0.25) is 0 Å². The Morgan fingerprint density at radius 3 is 2.89 bits per heavy atom. The molecule has 0 saturated carbocycles. The third-order valence-electron chi connectivity index (χ3n) is 2.19. The number of aromatic nitrogens is 2. The van der Waals surface area contributed by atoms with Crippen LogP contribution in [0.1, 0.15) is 5.56 Å². The number of nitrogen functional groups attached to an aromatic ring is 1. The van der Waals surface area contributed by atoms with E-state index in [4.69, 9.17) is 22.6 Å². The fourth-order valence-electron chi connectivity index (χ4n) is 1.32. The largest absolute Gasteiger partial charge is 0.393 e. The molecule has 18 heavy (non-hydrogen) atoms. The molecule has 0 aliphatic rings. The number of nitrogens with one attached hydrogen (secondary N) is 1. The Morgan fingerprint density at radius 1 is 1.39 bits per heavy atom. The smallest absolute Gasteiger partial charge is 0.158 e. The van der Waals surface area contributed by atoms with Crippen LogP contribution in [0, 0.1) is 17.1 Å². The Labute approximate surface area is 107 Å². The molecule has 1 aromatic carbocycles. The standard InChI is InChI=1S/C11H7ClFN5/c12-10-9(15)11(17-5-16-10)18-8-2-1-7(13)3-6(8)4-14/h1-3,5H,15H2,(H,16,17,18). The predicted octanol–water partition coefficient (Wildman–Crippen LogP) is 2.47. The van der Waals surface area contributed by atoms with E-state index in [1.807, 2.05) is 6.07 Å². The second kappa shape index (κ2) is 4.85. The molecule has 1 heterocycles. The first-order valence-electron chi connectivity index (χ1n) is 4.84. The molecule has 0 amide bonds. The normalized spacial score (nSPS) is 9.83. The molecule has 1 aromatic heterocycles. The second-order valence-electron chi connectivity index (χ2n) is 3.35. The maximum atomic E-state index is 13.0. The topological polar surface area (TPSA) is 87.6 Å². The highest BCUT2D eigenvalue weighted by Gasteiger charge is 2.09. The zero-order valence-electron chi connectivity index (χ0n) is 8.98. The van der Waals surface area contributed by atoms with Crippen molar-refractivity contribution < 1.29 is 4.39 Å². The summed E-state index contributed by atoms with van der Waals surface area (Å²) in [5.41, 5.74) is 6.37. The molecular formula is C11H7ClFN5. The van der Waals surface area contributed by atoms with Crippen LogP contribution in [0.15, 0.2) is 24.5 Å². The summed E-state index contributed by atoms with van der Waals surface area (Å²) in [7, 11) is 0. The third kappa shape index (κ3) is 2.31. The summed E-state index contributed by atoms with van der Waals surface area (Å²) in [5, 5.41) is 11.8. The van der Waals surface area contributed by atoms with Gasteiger partial charge in [0.25, 0.3) is 0 Å². The van der Waals surface area contributed by atoms with Gasteiger partial charge in [0, 0.05) is 0 Å². The Hall–Kier alpha value is -2.39. The summed E-state index contributed by atoms with van der Waals surface area (Å²) in [6, 6.07) is 5.63. The fourth-order valence-corrected chi connectivity index (χ4v) is 1.45. The molecule has 5 nitrogen and oxygen atoms in total. The monoisotopic (exact) mass is 263 g/mol. The molecule has 3 N–H and O–H groups in total. The number of rotatable bonds is 2. The SMILES string of the molecule is N#Cc1cc(F)ccc1Nc1ncnc(Cl)c1N. The number of hydrogen-bond acceptors (Lipinski definition) is 5. The maximum absolute atomic E-state index is 13.0. The van der Waals surface area contributed by atoms with Crippen LogP contribution in [0.4, 0.5) is 21.6 Å². The molecule has 0 unspecified atom stereocenters. The van der Waals surface area contributed by atoms with Gasteiger partial charge >= 0.3 is 0 Å². The van der Waals surface area contributed by atoms with E-state index in [0.717, 1.165) is 6.07 Å². The van der Waals surface area contributed by atoms with Crippen molar-refractivity contribution in [3.63, 3.8) is 0 Å². The van der Waals surface area contributed by atoms with Crippen LogP contribution in [0.3, 0.4) is 0 Å². The molecule has 2 rings (SSSR count). The minimum Gasteiger partial charge on any atom is -0.393 e. The number of nitrogens with zero attached hydrogens (tertiary/aromatic N) is 3. The van der Waals surface area contributed by atoms with Crippen LogP contribution < -0.4 is 11.1 Å². The van der Waals surface area contributed by atoms with E-state index in [9.17, 15) is 4.39 Å². The van der Waals surface area contributed by atoms with E-state index in [2.05, 4.69) is 15.3 Å². The average Bonchev–Trinajstić information content (AvgIpc) is 2.37. The molecule has 0 radical (unpaired) electrons. The Bertz CT molecular complexity index is 638. The second-order valence-corrected chi connectivity index (χ2v) is 3.71. The van der Waals surface area contributed by atoms with Gasteiger partial charge < -0.3 is 11.1 Å². The van der Waals surface area contributed by atoms with Crippen molar-refractivity contribution in [2.75, 3.05) is 11.1 Å². The van der Waals surface area contributed by atoms with Gasteiger partial charge in [-0.15, -0.1) is 0 Å². The molecule has 0 saturated heterocycles. The zero-order chi connectivity index (χ0) is 13.1. The Morgan fingerprint density at radius 2 is 2.17 bits per heavy atom. The lowest BCUT2D eigenvalue weighted by molar-refractivity contribution is 0.627. The number of nitriles is 1. The first-order chi connectivity index (χ1) is 8.61. The van der Waals surface area contributed by atoms with Crippen LogP contribution in [-0.2, 0) is 0 Å².